The molecule has 2 aromatic heterocycles. The van der Waals surface area contributed by atoms with Gasteiger partial charge in [-0.25, -0.2) is 0 Å². The Morgan fingerprint density at radius 3 is 2.18 bits per heavy atom. The molecule has 2 aromatic rings. The highest BCUT2D eigenvalue weighted by Gasteiger charge is 2.31. The summed E-state index contributed by atoms with van der Waals surface area (Å²) in [5.74, 6) is 1.01. The van der Waals surface area contributed by atoms with Gasteiger partial charge >= 0.3 is 0 Å². The minimum atomic E-state index is -0.0245. The Kier molecular flexibility index (Phi) is 2.53. The summed E-state index contributed by atoms with van der Waals surface area (Å²) in [5, 5.41) is 9.04. The van der Waals surface area contributed by atoms with Crippen molar-refractivity contribution in [1.82, 2.24) is 10.2 Å². The monoisotopic (exact) mass is 232 g/mol. The molecule has 0 amide bonds. The third-order valence-corrected chi connectivity index (χ3v) is 2.81. The third kappa shape index (κ3) is 2.06. The SMILES string of the molecule is CC(C)(C)c1oc2nnccc2c1C(C)(C)C. The molecule has 0 unspecified atom stereocenters. The van der Waals surface area contributed by atoms with Crippen LogP contribution in [0.2, 0.25) is 0 Å². The zero-order chi connectivity index (χ0) is 12.8. The Morgan fingerprint density at radius 1 is 1.00 bits per heavy atom. The molecule has 0 atom stereocenters. The van der Waals surface area contributed by atoms with Crippen LogP contribution in [0.3, 0.4) is 0 Å². The lowest BCUT2D eigenvalue weighted by atomic mass is 9.79. The Bertz CT molecular complexity index is 541. The fraction of sp³-hybridized carbons (Fsp3) is 0.571. The smallest absolute Gasteiger partial charge is 0.246 e. The average Bonchev–Trinajstić information content (AvgIpc) is 2.54. The van der Waals surface area contributed by atoms with E-state index >= 15 is 0 Å². The number of hydrogen-bond acceptors (Lipinski definition) is 3. The zero-order valence-corrected chi connectivity index (χ0v) is 11.5. The predicted molar refractivity (Wildman–Crippen MR) is 69.2 cm³/mol. The van der Waals surface area contributed by atoms with E-state index in [0.29, 0.717) is 5.71 Å². The molecule has 0 N–H and O–H groups in total. The number of hydrogen-bond donors (Lipinski definition) is 0. The van der Waals surface area contributed by atoms with Gasteiger partial charge in [0, 0.05) is 16.4 Å². The van der Waals surface area contributed by atoms with Crippen molar-refractivity contribution < 1.29 is 4.42 Å². The molecule has 0 radical (unpaired) electrons. The van der Waals surface area contributed by atoms with Crippen molar-refractivity contribution in [2.24, 2.45) is 0 Å². The normalized spacial score (nSPS) is 13.3. The summed E-state index contributed by atoms with van der Waals surface area (Å²) in [6.07, 6.45) is 1.72. The summed E-state index contributed by atoms with van der Waals surface area (Å²) in [5.41, 5.74) is 1.90. The molecule has 2 rings (SSSR count). The van der Waals surface area contributed by atoms with Gasteiger partial charge in [-0.1, -0.05) is 41.5 Å². The van der Waals surface area contributed by atoms with E-state index in [0.717, 1.165) is 11.1 Å². The first kappa shape index (κ1) is 12.1. The molecule has 0 aliphatic rings. The molecule has 0 spiro atoms. The van der Waals surface area contributed by atoms with Gasteiger partial charge in [0.1, 0.15) is 5.76 Å². The Balaban J connectivity index is 2.84. The van der Waals surface area contributed by atoms with E-state index in [1.807, 2.05) is 6.07 Å². The predicted octanol–water partition coefficient (Wildman–Crippen LogP) is 3.82. The summed E-state index contributed by atoms with van der Waals surface area (Å²) in [7, 11) is 0. The molecule has 3 nitrogen and oxygen atoms in total. The maximum atomic E-state index is 5.92. The van der Waals surface area contributed by atoms with Crippen LogP contribution in [0.1, 0.15) is 52.9 Å². The van der Waals surface area contributed by atoms with Crippen molar-refractivity contribution >= 4 is 11.1 Å². The molecule has 0 bridgehead atoms. The minimum absolute atomic E-state index is 0.0245. The molecule has 0 fully saturated rings. The van der Waals surface area contributed by atoms with Gasteiger partial charge in [0.15, 0.2) is 0 Å². The topological polar surface area (TPSA) is 38.9 Å². The van der Waals surface area contributed by atoms with Crippen LogP contribution < -0.4 is 0 Å². The van der Waals surface area contributed by atoms with Gasteiger partial charge in [-0.05, 0) is 11.5 Å². The van der Waals surface area contributed by atoms with Gasteiger partial charge < -0.3 is 4.42 Å². The lowest BCUT2D eigenvalue weighted by Crippen LogP contribution is -2.20. The summed E-state index contributed by atoms with van der Waals surface area (Å²) < 4.78 is 5.92. The van der Waals surface area contributed by atoms with Crippen LogP contribution in [0, 0.1) is 0 Å². The van der Waals surface area contributed by atoms with E-state index in [9.17, 15) is 0 Å². The van der Waals surface area contributed by atoms with Gasteiger partial charge in [-0.2, -0.15) is 5.10 Å². The lowest BCUT2D eigenvalue weighted by molar-refractivity contribution is 0.405. The molecule has 17 heavy (non-hydrogen) atoms. The molecule has 0 aliphatic carbocycles. The van der Waals surface area contributed by atoms with Crippen molar-refractivity contribution in [1.29, 1.82) is 0 Å². The van der Waals surface area contributed by atoms with E-state index < -0.39 is 0 Å². The van der Waals surface area contributed by atoms with E-state index in [2.05, 4.69) is 51.7 Å². The van der Waals surface area contributed by atoms with Gasteiger partial charge in [0.2, 0.25) is 5.71 Å². The molecule has 3 heteroatoms. The highest BCUT2D eigenvalue weighted by Crippen LogP contribution is 2.39. The molecule has 2 heterocycles. The van der Waals surface area contributed by atoms with Gasteiger partial charge in [-0.15, -0.1) is 5.10 Å². The Labute approximate surface area is 102 Å². The molecule has 92 valence electrons. The molecular weight excluding hydrogens is 212 g/mol. The van der Waals surface area contributed by atoms with Crippen LogP contribution in [0.15, 0.2) is 16.7 Å². The first-order chi connectivity index (χ1) is 7.71. The van der Waals surface area contributed by atoms with Crippen LogP contribution >= 0.6 is 0 Å². The number of rotatable bonds is 0. The minimum Gasteiger partial charge on any atom is -0.441 e. The number of aromatic nitrogens is 2. The highest BCUT2D eigenvalue weighted by molar-refractivity contribution is 5.80. The molecule has 0 saturated heterocycles. The molecular formula is C14H20N2O. The fourth-order valence-electron chi connectivity index (χ4n) is 2.13. The first-order valence-corrected chi connectivity index (χ1v) is 5.96. The van der Waals surface area contributed by atoms with Crippen LogP contribution in [-0.4, -0.2) is 10.2 Å². The van der Waals surface area contributed by atoms with Gasteiger partial charge in [-0.3, -0.25) is 0 Å². The van der Waals surface area contributed by atoms with E-state index in [4.69, 9.17) is 4.42 Å². The van der Waals surface area contributed by atoms with Gasteiger partial charge in [0.25, 0.3) is 0 Å². The van der Waals surface area contributed by atoms with Crippen LogP contribution in [0.4, 0.5) is 0 Å². The summed E-state index contributed by atoms with van der Waals surface area (Å²) in [6, 6.07) is 1.99. The maximum absolute atomic E-state index is 5.92. The second-order valence-electron chi connectivity index (χ2n) is 6.56. The second kappa shape index (κ2) is 3.56. The van der Waals surface area contributed by atoms with Gasteiger partial charge in [0.05, 0.1) is 6.20 Å². The molecule has 0 aromatic carbocycles. The van der Waals surface area contributed by atoms with Crippen molar-refractivity contribution in [3.63, 3.8) is 0 Å². The third-order valence-electron chi connectivity index (χ3n) is 2.81. The van der Waals surface area contributed by atoms with Crippen LogP contribution in [0.5, 0.6) is 0 Å². The second-order valence-corrected chi connectivity index (χ2v) is 6.56. The lowest BCUT2D eigenvalue weighted by Gasteiger charge is -2.24. The maximum Gasteiger partial charge on any atom is 0.246 e. The first-order valence-electron chi connectivity index (χ1n) is 5.96. The molecule has 0 aliphatic heterocycles. The summed E-state index contributed by atoms with van der Waals surface area (Å²) in [4.78, 5) is 0. The van der Waals surface area contributed by atoms with Crippen molar-refractivity contribution in [3.05, 3.63) is 23.6 Å². The van der Waals surface area contributed by atoms with Crippen LogP contribution in [-0.2, 0) is 10.8 Å². The number of furan rings is 1. The van der Waals surface area contributed by atoms with Crippen LogP contribution in [0.25, 0.3) is 11.1 Å². The fourth-order valence-corrected chi connectivity index (χ4v) is 2.13. The van der Waals surface area contributed by atoms with E-state index in [1.165, 1.54) is 5.56 Å². The zero-order valence-electron chi connectivity index (χ0n) is 11.5. The largest absolute Gasteiger partial charge is 0.441 e. The summed E-state index contributed by atoms with van der Waals surface area (Å²) >= 11 is 0. The molecule has 0 saturated carbocycles. The van der Waals surface area contributed by atoms with E-state index in [1.54, 1.807) is 6.20 Å². The van der Waals surface area contributed by atoms with Crippen molar-refractivity contribution in [2.75, 3.05) is 0 Å². The Hall–Kier alpha value is -1.38. The summed E-state index contributed by atoms with van der Waals surface area (Å²) in [6.45, 7) is 13.1. The highest BCUT2D eigenvalue weighted by atomic mass is 16.3. The number of nitrogens with zero attached hydrogens (tertiary/aromatic N) is 2. The van der Waals surface area contributed by atoms with Crippen molar-refractivity contribution in [2.45, 2.75) is 52.4 Å². The van der Waals surface area contributed by atoms with Crippen molar-refractivity contribution in [3.8, 4) is 0 Å². The Morgan fingerprint density at radius 2 is 1.65 bits per heavy atom. The van der Waals surface area contributed by atoms with E-state index in [-0.39, 0.29) is 10.8 Å². The average molecular weight is 232 g/mol. The standard InChI is InChI=1S/C14H20N2O/c1-13(2,3)10-9-7-8-15-16-12(9)17-11(10)14(4,5)6/h7-8H,1-6H3. The quantitative estimate of drug-likeness (QED) is 0.693. The number of fused-ring (bicyclic) bond motifs is 1.